The van der Waals surface area contributed by atoms with Gasteiger partial charge in [0.25, 0.3) is 0 Å². The van der Waals surface area contributed by atoms with Crippen LogP contribution in [0.4, 0.5) is 0 Å². The molecule has 0 atom stereocenters. The summed E-state index contributed by atoms with van der Waals surface area (Å²) in [5, 5.41) is 0.706. The van der Waals surface area contributed by atoms with E-state index in [9.17, 15) is 13.2 Å². The van der Waals surface area contributed by atoms with Crippen molar-refractivity contribution in [3.8, 4) is 0 Å². The van der Waals surface area contributed by atoms with Crippen molar-refractivity contribution >= 4 is 38.8 Å². The van der Waals surface area contributed by atoms with E-state index in [2.05, 4.69) is 4.98 Å². The number of H-pyrrole nitrogens is 1. The predicted molar refractivity (Wildman–Crippen MR) is 69.6 cm³/mol. The van der Waals surface area contributed by atoms with Crippen LogP contribution >= 0.6 is 11.6 Å². The molecule has 0 amide bonds. The number of carbonyl (C=O) groups excluding carboxylic acids is 1. The van der Waals surface area contributed by atoms with Crippen LogP contribution in [-0.2, 0) is 10.0 Å². The number of fused-ring (bicyclic) bond motifs is 1. The van der Waals surface area contributed by atoms with Crippen LogP contribution in [-0.4, -0.2) is 38.1 Å². The van der Waals surface area contributed by atoms with Crippen molar-refractivity contribution in [1.29, 1.82) is 0 Å². The minimum Gasteiger partial charge on any atom is -0.345 e. The second-order valence-electron chi connectivity index (χ2n) is 3.97. The van der Waals surface area contributed by atoms with Crippen molar-refractivity contribution in [3.63, 3.8) is 0 Å². The molecule has 0 unspecified atom stereocenters. The van der Waals surface area contributed by atoms with E-state index in [-0.39, 0.29) is 15.6 Å². The molecule has 0 saturated carbocycles. The molecule has 1 aromatic heterocycles. The summed E-state index contributed by atoms with van der Waals surface area (Å²) in [5.74, 6) is 0. The van der Waals surface area contributed by atoms with Crippen molar-refractivity contribution in [3.05, 3.63) is 28.9 Å². The van der Waals surface area contributed by atoms with Crippen LogP contribution < -0.4 is 0 Å². The third-order valence-corrected chi connectivity index (χ3v) is 4.77. The average Bonchev–Trinajstić information content (AvgIpc) is 2.62. The van der Waals surface area contributed by atoms with Gasteiger partial charge >= 0.3 is 0 Å². The molecular weight excluding hydrogens is 276 g/mol. The molecule has 0 aliphatic heterocycles. The Morgan fingerprint density at radius 1 is 1.33 bits per heavy atom. The normalized spacial score (nSPS) is 12.2. The van der Waals surface area contributed by atoms with Gasteiger partial charge in [-0.15, -0.1) is 0 Å². The lowest BCUT2D eigenvalue weighted by Crippen LogP contribution is -2.22. The average molecular weight is 287 g/mol. The Kier molecular flexibility index (Phi) is 3.18. The van der Waals surface area contributed by atoms with E-state index in [4.69, 9.17) is 11.6 Å². The van der Waals surface area contributed by atoms with E-state index in [1.54, 1.807) is 6.07 Å². The topological polar surface area (TPSA) is 70.2 Å². The van der Waals surface area contributed by atoms with E-state index in [1.807, 2.05) is 0 Å². The monoisotopic (exact) mass is 286 g/mol. The molecule has 0 bridgehead atoms. The van der Waals surface area contributed by atoms with Crippen molar-refractivity contribution in [2.24, 2.45) is 0 Å². The van der Waals surface area contributed by atoms with Gasteiger partial charge < -0.3 is 4.98 Å². The molecular formula is C11H11ClN2O3S. The first-order valence-electron chi connectivity index (χ1n) is 5.07. The first kappa shape index (κ1) is 13.1. The maximum atomic E-state index is 12.0. The van der Waals surface area contributed by atoms with E-state index >= 15 is 0 Å². The van der Waals surface area contributed by atoms with Crippen LogP contribution in [0.5, 0.6) is 0 Å². The van der Waals surface area contributed by atoms with E-state index in [0.29, 0.717) is 17.2 Å². The van der Waals surface area contributed by atoms with Crippen LogP contribution in [0.2, 0.25) is 5.15 Å². The second-order valence-corrected chi connectivity index (χ2v) is 6.50. The number of hydrogen-bond acceptors (Lipinski definition) is 3. The lowest BCUT2D eigenvalue weighted by Gasteiger charge is -2.11. The standard InChI is InChI=1S/C11H11ClN2O3S/c1-14(2)18(16,17)7-3-4-10-8(5-7)9(6-15)11(12)13-10/h3-6,13H,1-2H3. The lowest BCUT2D eigenvalue weighted by molar-refractivity contribution is 0.112. The largest absolute Gasteiger partial charge is 0.345 e. The third kappa shape index (κ3) is 1.92. The Labute approximate surface area is 109 Å². The van der Waals surface area contributed by atoms with E-state index in [1.165, 1.54) is 26.2 Å². The first-order chi connectivity index (χ1) is 8.37. The molecule has 5 nitrogen and oxygen atoms in total. The Bertz CT molecular complexity index is 719. The summed E-state index contributed by atoms with van der Waals surface area (Å²) in [7, 11) is -0.626. The molecule has 0 aliphatic rings. The van der Waals surface area contributed by atoms with Crippen molar-refractivity contribution in [2.75, 3.05) is 14.1 Å². The van der Waals surface area contributed by atoms with Gasteiger partial charge in [0.2, 0.25) is 10.0 Å². The molecule has 2 rings (SSSR count). The van der Waals surface area contributed by atoms with Gasteiger partial charge in [-0.05, 0) is 18.2 Å². The van der Waals surface area contributed by atoms with Gasteiger partial charge in [-0.2, -0.15) is 0 Å². The van der Waals surface area contributed by atoms with Crippen molar-refractivity contribution < 1.29 is 13.2 Å². The van der Waals surface area contributed by atoms with Crippen molar-refractivity contribution in [1.82, 2.24) is 9.29 Å². The zero-order valence-electron chi connectivity index (χ0n) is 9.77. The predicted octanol–water partition coefficient (Wildman–Crippen LogP) is 1.88. The number of sulfonamides is 1. The third-order valence-electron chi connectivity index (χ3n) is 2.66. The molecule has 0 aliphatic carbocycles. The zero-order chi connectivity index (χ0) is 13.5. The van der Waals surface area contributed by atoms with Crippen LogP contribution in [0.25, 0.3) is 10.9 Å². The van der Waals surface area contributed by atoms with Gasteiger partial charge in [-0.1, -0.05) is 11.6 Å². The number of hydrogen-bond donors (Lipinski definition) is 1. The number of aldehydes is 1. The molecule has 0 radical (unpaired) electrons. The molecule has 96 valence electrons. The van der Waals surface area contributed by atoms with Gasteiger partial charge in [0.05, 0.1) is 10.5 Å². The maximum absolute atomic E-state index is 12.0. The number of aromatic amines is 1. The first-order valence-corrected chi connectivity index (χ1v) is 6.88. The summed E-state index contributed by atoms with van der Waals surface area (Å²) in [5.41, 5.74) is 0.891. The van der Waals surface area contributed by atoms with E-state index in [0.717, 1.165) is 4.31 Å². The van der Waals surface area contributed by atoms with Crippen molar-refractivity contribution in [2.45, 2.75) is 4.90 Å². The molecule has 7 heteroatoms. The van der Waals surface area contributed by atoms with Gasteiger partial charge in [-0.3, -0.25) is 4.79 Å². The fourth-order valence-electron chi connectivity index (χ4n) is 1.65. The molecule has 1 aromatic carbocycles. The minimum absolute atomic E-state index is 0.124. The second kappa shape index (κ2) is 4.38. The highest BCUT2D eigenvalue weighted by Gasteiger charge is 2.19. The van der Waals surface area contributed by atoms with Crippen LogP contribution in [0.15, 0.2) is 23.1 Å². The number of nitrogens with one attached hydrogen (secondary N) is 1. The Morgan fingerprint density at radius 3 is 2.56 bits per heavy atom. The summed E-state index contributed by atoms with van der Waals surface area (Å²) in [6.07, 6.45) is 0.604. The molecule has 0 saturated heterocycles. The number of halogens is 1. The quantitative estimate of drug-likeness (QED) is 0.876. The maximum Gasteiger partial charge on any atom is 0.242 e. The van der Waals surface area contributed by atoms with Gasteiger partial charge in [-0.25, -0.2) is 12.7 Å². The zero-order valence-corrected chi connectivity index (χ0v) is 11.3. The van der Waals surface area contributed by atoms with Crippen LogP contribution in [0.1, 0.15) is 10.4 Å². The summed E-state index contributed by atoms with van der Waals surface area (Å²) in [4.78, 5) is 13.9. The Hall–Kier alpha value is -1.37. The van der Waals surface area contributed by atoms with Gasteiger partial charge in [0.15, 0.2) is 6.29 Å². The van der Waals surface area contributed by atoms with Gasteiger partial charge in [0, 0.05) is 25.0 Å². The highest BCUT2D eigenvalue weighted by Crippen LogP contribution is 2.27. The molecule has 0 fully saturated rings. The highest BCUT2D eigenvalue weighted by atomic mass is 35.5. The number of carbonyl (C=O) groups is 1. The molecule has 18 heavy (non-hydrogen) atoms. The van der Waals surface area contributed by atoms with E-state index < -0.39 is 10.0 Å². The highest BCUT2D eigenvalue weighted by molar-refractivity contribution is 7.89. The summed E-state index contributed by atoms with van der Waals surface area (Å²) in [6, 6.07) is 4.50. The summed E-state index contributed by atoms with van der Waals surface area (Å²) < 4.78 is 25.1. The Morgan fingerprint density at radius 2 is 2.00 bits per heavy atom. The fourth-order valence-corrected chi connectivity index (χ4v) is 2.82. The number of aromatic nitrogens is 1. The summed E-state index contributed by atoms with van der Waals surface area (Å²) in [6.45, 7) is 0. The number of nitrogens with zero attached hydrogens (tertiary/aromatic N) is 1. The summed E-state index contributed by atoms with van der Waals surface area (Å²) >= 11 is 5.85. The lowest BCUT2D eigenvalue weighted by atomic mass is 10.2. The minimum atomic E-state index is -3.52. The number of rotatable bonds is 3. The fraction of sp³-hybridized carbons (Fsp3) is 0.182. The molecule has 2 aromatic rings. The van der Waals surface area contributed by atoms with Crippen LogP contribution in [0, 0.1) is 0 Å². The number of benzene rings is 1. The molecule has 0 spiro atoms. The smallest absolute Gasteiger partial charge is 0.242 e. The van der Waals surface area contributed by atoms with Gasteiger partial charge in [0.1, 0.15) is 5.15 Å². The molecule has 1 heterocycles. The SMILES string of the molecule is CN(C)S(=O)(=O)c1ccc2[nH]c(Cl)c(C=O)c2c1. The molecule has 1 N–H and O–H groups in total. The van der Waals surface area contributed by atoms with Crippen LogP contribution in [0.3, 0.4) is 0 Å². The Balaban J connectivity index is 2.75.